The van der Waals surface area contributed by atoms with Crippen LogP contribution in [0.3, 0.4) is 0 Å². The van der Waals surface area contributed by atoms with Gasteiger partial charge >= 0.3 is 5.97 Å². The molecule has 3 nitrogen and oxygen atoms in total. The van der Waals surface area contributed by atoms with Crippen LogP contribution in [0.15, 0.2) is 24.3 Å². The van der Waals surface area contributed by atoms with Gasteiger partial charge in [0.05, 0.1) is 13.5 Å². The van der Waals surface area contributed by atoms with Gasteiger partial charge in [-0.15, -0.1) is 0 Å². The van der Waals surface area contributed by atoms with Crippen molar-refractivity contribution in [3.05, 3.63) is 29.8 Å². The number of ether oxygens (including phenoxy) is 1. The van der Waals surface area contributed by atoms with Crippen LogP contribution in [0.25, 0.3) is 0 Å². The smallest absolute Gasteiger partial charge is 0.306 e. The average Bonchev–Trinajstić information content (AvgIpc) is 2.35. The molecule has 0 bridgehead atoms. The topological polar surface area (TPSA) is 46.5 Å². The minimum Gasteiger partial charge on any atom is -0.508 e. The lowest BCUT2D eigenvalue weighted by molar-refractivity contribution is -0.141. The minimum atomic E-state index is -0.181. The Balaban J connectivity index is 2.74. The number of benzene rings is 1. The highest BCUT2D eigenvalue weighted by molar-refractivity contribution is 5.70. The van der Waals surface area contributed by atoms with Crippen LogP contribution in [0.5, 0.6) is 5.75 Å². The van der Waals surface area contributed by atoms with Crippen molar-refractivity contribution in [1.29, 1.82) is 0 Å². The summed E-state index contributed by atoms with van der Waals surface area (Å²) in [5, 5.41) is 9.25. The van der Waals surface area contributed by atoms with E-state index in [9.17, 15) is 9.90 Å². The molecule has 0 amide bonds. The zero-order valence-electron chi connectivity index (χ0n) is 10.5. The Labute approximate surface area is 102 Å². The van der Waals surface area contributed by atoms with Crippen molar-refractivity contribution in [1.82, 2.24) is 0 Å². The summed E-state index contributed by atoms with van der Waals surface area (Å²) in [6.45, 7) is 2.13. The summed E-state index contributed by atoms with van der Waals surface area (Å²) in [7, 11) is 1.41. The molecule has 0 spiro atoms. The molecule has 1 unspecified atom stereocenters. The molecular formula is C14H20O3. The first-order chi connectivity index (χ1) is 8.17. The molecule has 1 aromatic carbocycles. The molecule has 0 fully saturated rings. The van der Waals surface area contributed by atoms with E-state index in [1.54, 1.807) is 12.1 Å². The summed E-state index contributed by atoms with van der Waals surface area (Å²) >= 11 is 0. The van der Waals surface area contributed by atoms with Crippen LogP contribution < -0.4 is 0 Å². The van der Waals surface area contributed by atoms with Gasteiger partial charge in [-0.1, -0.05) is 31.9 Å². The molecule has 94 valence electrons. The van der Waals surface area contributed by atoms with Crippen LogP contribution in [0, 0.1) is 0 Å². The Morgan fingerprint density at radius 3 is 2.53 bits per heavy atom. The first kappa shape index (κ1) is 13.6. The molecule has 1 rings (SSSR count). The van der Waals surface area contributed by atoms with Gasteiger partial charge in [-0.05, 0) is 30.0 Å². The minimum absolute atomic E-state index is 0.181. The van der Waals surface area contributed by atoms with Crippen molar-refractivity contribution in [2.45, 2.75) is 38.5 Å². The van der Waals surface area contributed by atoms with Crippen LogP contribution >= 0.6 is 0 Å². The van der Waals surface area contributed by atoms with Crippen LogP contribution in [0.1, 0.15) is 44.1 Å². The van der Waals surface area contributed by atoms with Crippen molar-refractivity contribution in [3.8, 4) is 5.75 Å². The van der Waals surface area contributed by atoms with E-state index in [0.717, 1.165) is 24.8 Å². The maximum Gasteiger partial charge on any atom is 0.306 e. The van der Waals surface area contributed by atoms with Gasteiger partial charge < -0.3 is 9.84 Å². The van der Waals surface area contributed by atoms with Gasteiger partial charge in [0.1, 0.15) is 5.75 Å². The number of phenolic OH excluding ortho intramolecular Hbond substituents is 1. The number of carbonyl (C=O) groups excluding carboxylic acids is 1. The highest BCUT2D eigenvalue weighted by atomic mass is 16.5. The summed E-state index contributed by atoms with van der Waals surface area (Å²) in [5.41, 5.74) is 1.08. The molecule has 0 aliphatic heterocycles. The molecule has 3 heteroatoms. The second-order valence-corrected chi connectivity index (χ2v) is 4.21. The van der Waals surface area contributed by atoms with Gasteiger partial charge in [-0.2, -0.15) is 0 Å². The summed E-state index contributed by atoms with van der Waals surface area (Å²) in [6, 6.07) is 7.06. The molecule has 0 saturated heterocycles. The zero-order chi connectivity index (χ0) is 12.7. The van der Waals surface area contributed by atoms with E-state index in [-0.39, 0.29) is 17.6 Å². The van der Waals surface area contributed by atoms with E-state index in [2.05, 4.69) is 6.92 Å². The first-order valence-corrected chi connectivity index (χ1v) is 6.03. The normalized spacial score (nSPS) is 12.1. The predicted octanol–water partition coefficient (Wildman–Crippen LogP) is 3.23. The van der Waals surface area contributed by atoms with Crippen molar-refractivity contribution in [2.75, 3.05) is 7.11 Å². The second-order valence-electron chi connectivity index (χ2n) is 4.21. The third-order valence-electron chi connectivity index (χ3n) is 2.91. The predicted molar refractivity (Wildman–Crippen MR) is 67.0 cm³/mol. The van der Waals surface area contributed by atoms with Crippen LogP contribution in [0.4, 0.5) is 0 Å². The fraction of sp³-hybridized carbons (Fsp3) is 0.500. The van der Waals surface area contributed by atoms with Gasteiger partial charge in [0.2, 0.25) is 0 Å². The third kappa shape index (κ3) is 4.47. The number of esters is 1. The molecule has 0 heterocycles. The second kappa shape index (κ2) is 6.94. The van der Waals surface area contributed by atoms with E-state index >= 15 is 0 Å². The number of aromatic hydroxyl groups is 1. The molecule has 1 aromatic rings. The Morgan fingerprint density at radius 2 is 2.00 bits per heavy atom. The van der Waals surface area contributed by atoms with Crippen LogP contribution in [-0.2, 0) is 9.53 Å². The van der Waals surface area contributed by atoms with E-state index in [4.69, 9.17) is 4.74 Å². The quantitative estimate of drug-likeness (QED) is 0.771. The fourth-order valence-electron chi connectivity index (χ4n) is 1.87. The van der Waals surface area contributed by atoms with Crippen molar-refractivity contribution in [3.63, 3.8) is 0 Å². The monoisotopic (exact) mass is 236 g/mol. The SMILES string of the molecule is CCCCC(CC(=O)OC)c1ccc(O)cc1. The van der Waals surface area contributed by atoms with Gasteiger partial charge in [-0.25, -0.2) is 0 Å². The third-order valence-corrected chi connectivity index (χ3v) is 2.91. The molecule has 0 aromatic heterocycles. The lowest BCUT2D eigenvalue weighted by atomic mass is 9.91. The molecule has 0 aliphatic rings. The summed E-state index contributed by atoms with van der Waals surface area (Å²) < 4.78 is 4.72. The van der Waals surface area contributed by atoms with Gasteiger partial charge in [0.15, 0.2) is 0 Å². The van der Waals surface area contributed by atoms with Gasteiger partial charge in [-0.3, -0.25) is 4.79 Å². The number of rotatable bonds is 6. The molecule has 0 aliphatic carbocycles. The van der Waals surface area contributed by atoms with Crippen molar-refractivity contribution in [2.24, 2.45) is 0 Å². The molecule has 0 radical (unpaired) electrons. The number of carbonyl (C=O) groups is 1. The van der Waals surface area contributed by atoms with Gasteiger partial charge in [0.25, 0.3) is 0 Å². The van der Waals surface area contributed by atoms with Crippen molar-refractivity contribution >= 4 is 5.97 Å². The molecule has 0 saturated carbocycles. The summed E-state index contributed by atoms with van der Waals surface area (Å²) in [5.74, 6) is 0.253. The molecule has 1 N–H and O–H groups in total. The largest absolute Gasteiger partial charge is 0.508 e. The van der Waals surface area contributed by atoms with E-state index in [1.807, 2.05) is 12.1 Å². The Hall–Kier alpha value is -1.51. The molecular weight excluding hydrogens is 216 g/mol. The number of unbranched alkanes of at least 4 members (excludes halogenated alkanes) is 1. The zero-order valence-corrected chi connectivity index (χ0v) is 10.5. The highest BCUT2D eigenvalue weighted by Gasteiger charge is 2.15. The maximum atomic E-state index is 11.4. The summed E-state index contributed by atoms with van der Waals surface area (Å²) in [4.78, 5) is 11.4. The average molecular weight is 236 g/mol. The highest BCUT2D eigenvalue weighted by Crippen LogP contribution is 2.27. The molecule has 17 heavy (non-hydrogen) atoms. The Kier molecular flexibility index (Phi) is 5.53. The lowest BCUT2D eigenvalue weighted by Crippen LogP contribution is -2.08. The Bertz CT molecular complexity index is 343. The van der Waals surface area contributed by atoms with Crippen LogP contribution in [0.2, 0.25) is 0 Å². The van der Waals surface area contributed by atoms with Gasteiger partial charge in [0, 0.05) is 0 Å². The number of phenols is 1. The fourth-order valence-corrected chi connectivity index (χ4v) is 1.87. The van der Waals surface area contributed by atoms with E-state index in [0.29, 0.717) is 6.42 Å². The Morgan fingerprint density at radius 1 is 1.35 bits per heavy atom. The van der Waals surface area contributed by atoms with E-state index in [1.165, 1.54) is 7.11 Å². The first-order valence-electron chi connectivity index (χ1n) is 6.03. The summed E-state index contributed by atoms with van der Waals surface area (Å²) in [6.07, 6.45) is 3.57. The number of methoxy groups -OCH3 is 1. The number of hydrogen-bond donors (Lipinski definition) is 1. The lowest BCUT2D eigenvalue weighted by Gasteiger charge is -2.15. The standard InChI is InChI=1S/C14H20O3/c1-3-4-5-12(10-14(16)17-2)11-6-8-13(15)9-7-11/h6-9,12,15H,3-5,10H2,1-2H3. The molecule has 1 atom stereocenters. The van der Waals surface area contributed by atoms with E-state index < -0.39 is 0 Å². The maximum absolute atomic E-state index is 11.4. The van der Waals surface area contributed by atoms with Crippen molar-refractivity contribution < 1.29 is 14.6 Å². The number of hydrogen-bond acceptors (Lipinski definition) is 3. The van der Waals surface area contributed by atoms with Crippen LogP contribution in [-0.4, -0.2) is 18.2 Å².